The minimum Gasteiger partial charge on any atom is -0.395 e. The Morgan fingerprint density at radius 2 is 2.05 bits per heavy atom. The van der Waals surface area contributed by atoms with E-state index in [9.17, 15) is 9.00 Å². The molecule has 1 saturated carbocycles. The van der Waals surface area contributed by atoms with Gasteiger partial charge in [0.2, 0.25) is 0 Å². The highest BCUT2D eigenvalue weighted by molar-refractivity contribution is 7.84. The minimum absolute atomic E-state index is 0.0130. The van der Waals surface area contributed by atoms with Gasteiger partial charge in [-0.25, -0.2) is 4.79 Å². The third-order valence-corrected chi connectivity index (χ3v) is 4.22. The van der Waals surface area contributed by atoms with Crippen LogP contribution < -0.4 is 5.32 Å². The fraction of sp³-hybridized carbons (Fsp3) is 0.500. The molecular formula is C14H20N2O3S. The third kappa shape index (κ3) is 4.05. The first kappa shape index (κ1) is 15.0. The summed E-state index contributed by atoms with van der Waals surface area (Å²) in [4.78, 5) is 14.5. The van der Waals surface area contributed by atoms with E-state index in [1.165, 1.54) is 0 Å². The molecule has 2 N–H and O–H groups in total. The van der Waals surface area contributed by atoms with Gasteiger partial charge in [0.25, 0.3) is 0 Å². The van der Waals surface area contributed by atoms with Gasteiger partial charge in [-0.15, -0.1) is 0 Å². The summed E-state index contributed by atoms with van der Waals surface area (Å²) in [6, 6.07) is 7.50. The number of hydrogen-bond donors (Lipinski definition) is 2. The number of aliphatic hydroxyl groups is 1. The number of rotatable bonds is 6. The fourth-order valence-corrected chi connectivity index (χ4v) is 2.54. The highest BCUT2D eigenvalue weighted by Gasteiger charge is 2.31. The van der Waals surface area contributed by atoms with Crippen molar-refractivity contribution in [3.05, 3.63) is 29.8 Å². The van der Waals surface area contributed by atoms with Crippen molar-refractivity contribution >= 4 is 16.8 Å². The second-order valence-corrected chi connectivity index (χ2v) is 6.28. The van der Waals surface area contributed by atoms with E-state index in [2.05, 4.69) is 5.32 Å². The number of hydrogen-bond acceptors (Lipinski definition) is 3. The maximum absolute atomic E-state index is 12.0. The summed E-state index contributed by atoms with van der Waals surface area (Å²) in [6.07, 6.45) is 3.67. The number of amides is 2. The SMILES string of the molecule is CS(=O)c1ccc(CNC(=O)N(CCO)C2CC2)cc1. The number of benzene rings is 1. The third-order valence-electron chi connectivity index (χ3n) is 3.29. The van der Waals surface area contributed by atoms with E-state index in [-0.39, 0.29) is 18.7 Å². The number of urea groups is 1. The Balaban J connectivity index is 1.87. The first-order chi connectivity index (χ1) is 9.61. The monoisotopic (exact) mass is 296 g/mol. The quantitative estimate of drug-likeness (QED) is 0.825. The molecule has 1 aliphatic carbocycles. The van der Waals surface area contributed by atoms with Crippen LogP contribution in [0.25, 0.3) is 0 Å². The largest absolute Gasteiger partial charge is 0.395 e. The van der Waals surface area contributed by atoms with Gasteiger partial charge in [-0.1, -0.05) is 12.1 Å². The molecule has 6 heteroatoms. The van der Waals surface area contributed by atoms with E-state index < -0.39 is 10.8 Å². The summed E-state index contributed by atoms with van der Waals surface area (Å²) >= 11 is 0. The van der Waals surface area contributed by atoms with Gasteiger partial charge in [0.15, 0.2) is 0 Å². The zero-order valence-corrected chi connectivity index (χ0v) is 12.4. The van der Waals surface area contributed by atoms with E-state index in [4.69, 9.17) is 5.11 Å². The summed E-state index contributed by atoms with van der Waals surface area (Å²) < 4.78 is 11.3. The van der Waals surface area contributed by atoms with E-state index in [0.717, 1.165) is 23.3 Å². The number of aliphatic hydroxyl groups excluding tert-OH is 1. The van der Waals surface area contributed by atoms with Gasteiger partial charge >= 0.3 is 6.03 Å². The molecule has 1 fully saturated rings. The van der Waals surface area contributed by atoms with Gasteiger partial charge in [0.05, 0.1) is 6.61 Å². The highest BCUT2D eigenvalue weighted by Crippen LogP contribution is 2.26. The maximum Gasteiger partial charge on any atom is 0.317 e. The summed E-state index contributed by atoms with van der Waals surface area (Å²) in [7, 11) is -0.981. The molecule has 0 radical (unpaired) electrons. The molecule has 0 bridgehead atoms. The first-order valence-corrected chi connectivity index (χ1v) is 8.25. The molecule has 1 aromatic carbocycles. The molecular weight excluding hydrogens is 276 g/mol. The van der Waals surface area contributed by atoms with Crippen LogP contribution in [0.15, 0.2) is 29.2 Å². The lowest BCUT2D eigenvalue weighted by Gasteiger charge is -2.21. The minimum atomic E-state index is -0.981. The molecule has 0 heterocycles. The summed E-state index contributed by atoms with van der Waals surface area (Å²) in [6.45, 7) is 0.801. The Labute approximate surface area is 121 Å². The molecule has 1 unspecified atom stereocenters. The van der Waals surface area contributed by atoms with Crippen molar-refractivity contribution in [3.8, 4) is 0 Å². The molecule has 0 saturated heterocycles. The average Bonchev–Trinajstić information content (AvgIpc) is 3.27. The molecule has 110 valence electrons. The molecule has 2 rings (SSSR count). The Morgan fingerprint density at radius 3 is 2.55 bits per heavy atom. The van der Waals surface area contributed by atoms with Crippen LogP contribution in [0.4, 0.5) is 4.79 Å². The lowest BCUT2D eigenvalue weighted by atomic mass is 10.2. The number of nitrogens with one attached hydrogen (secondary N) is 1. The normalized spacial score (nSPS) is 15.7. The Hall–Kier alpha value is -1.40. The van der Waals surface area contributed by atoms with Crippen molar-refractivity contribution in [1.29, 1.82) is 0 Å². The van der Waals surface area contributed by atoms with Crippen LogP contribution in [0.1, 0.15) is 18.4 Å². The molecule has 0 aromatic heterocycles. The zero-order valence-electron chi connectivity index (χ0n) is 11.5. The van der Waals surface area contributed by atoms with Gasteiger partial charge < -0.3 is 15.3 Å². The summed E-state index contributed by atoms with van der Waals surface area (Å²) in [5.41, 5.74) is 0.965. The second-order valence-electron chi connectivity index (χ2n) is 4.90. The van der Waals surface area contributed by atoms with Crippen molar-refractivity contribution in [1.82, 2.24) is 10.2 Å². The van der Waals surface area contributed by atoms with Crippen molar-refractivity contribution in [3.63, 3.8) is 0 Å². The van der Waals surface area contributed by atoms with Crippen molar-refractivity contribution in [2.45, 2.75) is 30.3 Å². The van der Waals surface area contributed by atoms with Gasteiger partial charge in [0.1, 0.15) is 0 Å². The van der Waals surface area contributed by atoms with E-state index in [0.29, 0.717) is 13.1 Å². The number of nitrogens with zero attached hydrogens (tertiary/aromatic N) is 1. The number of carbonyl (C=O) groups is 1. The van der Waals surface area contributed by atoms with Crippen LogP contribution >= 0.6 is 0 Å². The van der Waals surface area contributed by atoms with Crippen LogP contribution in [-0.2, 0) is 17.3 Å². The molecule has 1 atom stereocenters. The molecule has 0 spiro atoms. The molecule has 20 heavy (non-hydrogen) atoms. The van der Waals surface area contributed by atoms with E-state index in [1.807, 2.05) is 24.3 Å². The Morgan fingerprint density at radius 1 is 1.40 bits per heavy atom. The summed E-state index contributed by atoms with van der Waals surface area (Å²) in [5, 5.41) is 11.8. The number of carbonyl (C=O) groups excluding carboxylic acids is 1. The predicted molar refractivity (Wildman–Crippen MR) is 77.8 cm³/mol. The van der Waals surface area contributed by atoms with Gasteiger partial charge in [0, 0.05) is 41.1 Å². The van der Waals surface area contributed by atoms with Crippen molar-refractivity contribution < 1.29 is 14.1 Å². The molecule has 2 amide bonds. The fourth-order valence-electron chi connectivity index (χ4n) is 2.02. The average molecular weight is 296 g/mol. The Kier molecular flexibility index (Phi) is 5.14. The smallest absolute Gasteiger partial charge is 0.317 e. The molecule has 1 aliphatic rings. The van der Waals surface area contributed by atoms with Crippen LogP contribution in [0.3, 0.4) is 0 Å². The first-order valence-electron chi connectivity index (χ1n) is 6.69. The predicted octanol–water partition coefficient (Wildman–Crippen LogP) is 1.09. The topological polar surface area (TPSA) is 69.6 Å². The molecule has 0 aliphatic heterocycles. The Bertz CT molecular complexity index is 486. The zero-order chi connectivity index (χ0) is 14.5. The molecule has 1 aromatic rings. The lowest BCUT2D eigenvalue weighted by molar-refractivity contribution is 0.173. The van der Waals surface area contributed by atoms with Crippen molar-refractivity contribution in [2.75, 3.05) is 19.4 Å². The van der Waals surface area contributed by atoms with Gasteiger partial charge in [-0.05, 0) is 30.5 Å². The lowest BCUT2D eigenvalue weighted by Crippen LogP contribution is -2.42. The standard InChI is InChI=1S/C14H20N2O3S/c1-20(19)13-6-2-11(3-7-13)10-15-14(18)16(8-9-17)12-4-5-12/h2-3,6-7,12,17H,4-5,8-10H2,1H3,(H,15,18). The van der Waals surface area contributed by atoms with E-state index >= 15 is 0 Å². The second kappa shape index (κ2) is 6.85. The van der Waals surface area contributed by atoms with Gasteiger partial charge in [-0.3, -0.25) is 4.21 Å². The molecule has 5 nitrogen and oxygen atoms in total. The van der Waals surface area contributed by atoms with Crippen LogP contribution in [-0.4, -0.2) is 45.7 Å². The summed E-state index contributed by atoms with van der Waals surface area (Å²) in [5.74, 6) is 0. The van der Waals surface area contributed by atoms with Crippen LogP contribution in [0, 0.1) is 0 Å². The van der Waals surface area contributed by atoms with E-state index in [1.54, 1.807) is 11.2 Å². The highest BCUT2D eigenvalue weighted by atomic mass is 32.2. The van der Waals surface area contributed by atoms with Gasteiger partial charge in [-0.2, -0.15) is 0 Å². The maximum atomic E-state index is 12.0. The van der Waals surface area contributed by atoms with Crippen molar-refractivity contribution in [2.24, 2.45) is 0 Å². The van der Waals surface area contributed by atoms with Crippen LogP contribution in [0.5, 0.6) is 0 Å². The van der Waals surface area contributed by atoms with Crippen LogP contribution in [0.2, 0.25) is 0 Å².